The molecule has 4 rings (SSSR count). The number of benzene rings is 2. The molecule has 2 fully saturated rings. The van der Waals surface area contributed by atoms with Gasteiger partial charge in [0, 0.05) is 32.4 Å². The van der Waals surface area contributed by atoms with Gasteiger partial charge in [-0.05, 0) is 67.3 Å². The maximum atomic E-state index is 13.2. The maximum Gasteiger partial charge on any atom is 0.387 e. The second-order valence-corrected chi connectivity index (χ2v) is 9.86. The first-order chi connectivity index (χ1) is 15.9. The summed E-state index contributed by atoms with van der Waals surface area (Å²) >= 11 is 0. The van der Waals surface area contributed by atoms with Crippen LogP contribution in [0.1, 0.15) is 24.8 Å². The fraction of sp³-hybridized carbons (Fsp3) is 0.435. The van der Waals surface area contributed by atoms with Gasteiger partial charge in [-0.25, -0.2) is 8.42 Å². The van der Waals surface area contributed by atoms with E-state index in [4.69, 9.17) is 4.74 Å². The molecule has 0 atom stereocenters. The predicted octanol–water partition coefficient (Wildman–Crippen LogP) is 4.05. The summed E-state index contributed by atoms with van der Waals surface area (Å²) in [5.74, 6) is 0.0646. The van der Waals surface area contributed by atoms with E-state index in [-0.39, 0.29) is 10.6 Å². The summed E-state index contributed by atoms with van der Waals surface area (Å²) in [6.45, 7) is 0.287. The number of aliphatic imine (C=N–C) groups is 1. The first kappa shape index (κ1) is 23.6. The smallest absolute Gasteiger partial charge is 0.387 e. The van der Waals surface area contributed by atoms with E-state index in [1.807, 2.05) is 6.07 Å². The number of halogens is 2. The second-order valence-electron chi connectivity index (χ2n) is 7.92. The normalized spacial score (nSPS) is 18.2. The second kappa shape index (κ2) is 10.6. The summed E-state index contributed by atoms with van der Waals surface area (Å²) in [6, 6.07) is 11.2. The molecule has 2 aromatic rings. The van der Waals surface area contributed by atoms with Gasteiger partial charge >= 0.3 is 6.61 Å². The third-order valence-electron chi connectivity index (χ3n) is 5.71. The molecule has 0 saturated carbocycles. The highest BCUT2D eigenvalue weighted by Gasteiger charge is 2.27. The quantitative estimate of drug-likeness (QED) is 0.561. The van der Waals surface area contributed by atoms with Crippen LogP contribution in [0.3, 0.4) is 0 Å². The number of alkyl halides is 2. The van der Waals surface area contributed by atoms with Crippen molar-refractivity contribution in [2.75, 3.05) is 44.3 Å². The number of hydrogen-bond acceptors (Lipinski definition) is 6. The van der Waals surface area contributed by atoms with Crippen molar-refractivity contribution in [1.82, 2.24) is 4.31 Å². The SMILES string of the molecule is O=S(=O)(c1ccc(N2CCCCC2)c(N=Cc2ccc(OC(F)F)cc2)c1)N1CCOCC1. The molecule has 0 aliphatic carbocycles. The average Bonchev–Trinajstić information content (AvgIpc) is 2.84. The lowest BCUT2D eigenvalue weighted by atomic mass is 10.1. The molecule has 33 heavy (non-hydrogen) atoms. The van der Waals surface area contributed by atoms with E-state index < -0.39 is 16.6 Å². The molecule has 2 aromatic carbocycles. The van der Waals surface area contributed by atoms with E-state index in [2.05, 4.69) is 14.6 Å². The number of rotatable bonds is 7. The fourth-order valence-electron chi connectivity index (χ4n) is 3.98. The number of piperidine rings is 1. The summed E-state index contributed by atoms with van der Waals surface area (Å²) in [7, 11) is -3.66. The molecule has 0 amide bonds. The molecule has 0 N–H and O–H groups in total. The lowest BCUT2D eigenvalue weighted by Crippen LogP contribution is -2.40. The maximum absolute atomic E-state index is 13.2. The van der Waals surface area contributed by atoms with Crippen LogP contribution in [-0.4, -0.2) is 64.9 Å². The molecule has 0 aromatic heterocycles. The van der Waals surface area contributed by atoms with Gasteiger partial charge in [0.1, 0.15) is 5.75 Å². The van der Waals surface area contributed by atoms with Gasteiger partial charge in [-0.1, -0.05) is 0 Å². The lowest BCUT2D eigenvalue weighted by molar-refractivity contribution is -0.0498. The molecule has 7 nitrogen and oxygen atoms in total. The van der Waals surface area contributed by atoms with Crippen LogP contribution in [0, 0.1) is 0 Å². The molecular weight excluding hydrogens is 452 g/mol. The zero-order valence-corrected chi connectivity index (χ0v) is 19.0. The number of anilines is 1. The summed E-state index contributed by atoms with van der Waals surface area (Å²) in [6.07, 6.45) is 4.91. The molecule has 178 valence electrons. The molecule has 2 aliphatic rings. The zero-order valence-electron chi connectivity index (χ0n) is 18.2. The van der Waals surface area contributed by atoms with Crippen molar-refractivity contribution in [2.45, 2.75) is 30.8 Å². The number of hydrogen-bond donors (Lipinski definition) is 0. The number of ether oxygens (including phenoxy) is 2. The van der Waals surface area contributed by atoms with Crippen LogP contribution < -0.4 is 9.64 Å². The summed E-state index contributed by atoms with van der Waals surface area (Å²) in [5.41, 5.74) is 2.12. The Kier molecular flexibility index (Phi) is 7.56. The van der Waals surface area contributed by atoms with Crippen molar-refractivity contribution in [1.29, 1.82) is 0 Å². The van der Waals surface area contributed by atoms with Crippen LogP contribution in [0.4, 0.5) is 20.2 Å². The summed E-state index contributed by atoms with van der Waals surface area (Å²) in [4.78, 5) is 7.01. The Morgan fingerprint density at radius 1 is 0.970 bits per heavy atom. The topological polar surface area (TPSA) is 71.4 Å². The fourth-order valence-corrected chi connectivity index (χ4v) is 5.41. The molecule has 0 unspecified atom stereocenters. The van der Waals surface area contributed by atoms with Crippen LogP contribution in [0.25, 0.3) is 0 Å². The van der Waals surface area contributed by atoms with Crippen molar-refractivity contribution in [3.63, 3.8) is 0 Å². The summed E-state index contributed by atoms with van der Waals surface area (Å²) in [5, 5.41) is 0. The predicted molar refractivity (Wildman–Crippen MR) is 122 cm³/mol. The Morgan fingerprint density at radius 3 is 2.33 bits per heavy atom. The van der Waals surface area contributed by atoms with Crippen LogP contribution in [0.15, 0.2) is 52.4 Å². The average molecular weight is 480 g/mol. The first-order valence-corrected chi connectivity index (χ1v) is 12.4. The minimum absolute atomic E-state index is 0.0646. The highest BCUT2D eigenvalue weighted by Crippen LogP contribution is 2.34. The van der Waals surface area contributed by atoms with Gasteiger partial charge < -0.3 is 14.4 Å². The Labute approximate surface area is 192 Å². The largest absolute Gasteiger partial charge is 0.435 e. The highest BCUT2D eigenvalue weighted by molar-refractivity contribution is 7.89. The molecular formula is C23H27F2N3O4S. The number of nitrogens with zero attached hydrogens (tertiary/aromatic N) is 3. The molecule has 0 bridgehead atoms. The molecule has 10 heteroatoms. The van der Waals surface area contributed by atoms with Crippen molar-refractivity contribution in [3.8, 4) is 5.75 Å². The third kappa shape index (κ3) is 5.87. The summed E-state index contributed by atoms with van der Waals surface area (Å²) < 4.78 is 62.1. The Morgan fingerprint density at radius 2 is 1.67 bits per heavy atom. The highest BCUT2D eigenvalue weighted by atomic mass is 32.2. The number of sulfonamides is 1. The van der Waals surface area contributed by atoms with Crippen LogP contribution in [0.2, 0.25) is 0 Å². The van der Waals surface area contributed by atoms with E-state index in [0.29, 0.717) is 37.6 Å². The van der Waals surface area contributed by atoms with Gasteiger partial charge in [0.05, 0.1) is 29.5 Å². The standard InChI is InChI=1S/C23H27F2N3O4S/c24-23(25)32-19-6-4-18(5-7-19)17-26-21-16-20(33(29,30)28-12-14-31-15-13-28)8-9-22(21)27-10-2-1-3-11-27/h4-9,16-17,23H,1-3,10-15H2. The Bertz CT molecular complexity index is 1070. The van der Waals surface area contributed by atoms with Gasteiger partial charge in [0.15, 0.2) is 0 Å². The lowest BCUT2D eigenvalue weighted by Gasteiger charge is -2.30. The zero-order chi connectivity index (χ0) is 23.3. The van der Waals surface area contributed by atoms with Crippen molar-refractivity contribution in [3.05, 3.63) is 48.0 Å². The van der Waals surface area contributed by atoms with E-state index >= 15 is 0 Å². The minimum Gasteiger partial charge on any atom is -0.435 e. The minimum atomic E-state index is -3.66. The molecule has 0 radical (unpaired) electrons. The monoisotopic (exact) mass is 479 g/mol. The first-order valence-electron chi connectivity index (χ1n) is 11.0. The van der Waals surface area contributed by atoms with Crippen molar-refractivity contribution in [2.24, 2.45) is 4.99 Å². The molecule has 2 aliphatic heterocycles. The van der Waals surface area contributed by atoms with Crippen molar-refractivity contribution < 1.29 is 26.7 Å². The van der Waals surface area contributed by atoms with Gasteiger partial charge in [0.25, 0.3) is 0 Å². The van der Waals surface area contributed by atoms with Crippen LogP contribution in [-0.2, 0) is 14.8 Å². The van der Waals surface area contributed by atoms with Gasteiger partial charge in [-0.15, -0.1) is 0 Å². The van der Waals surface area contributed by atoms with Gasteiger partial charge in [-0.3, -0.25) is 4.99 Å². The Hall–Kier alpha value is -2.56. The van der Waals surface area contributed by atoms with Crippen LogP contribution in [0.5, 0.6) is 5.75 Å². The Balaban J connectivity index is 1.64. The van der Waals surface area contributed by atoms with E-state index in [1.54, 1.807) is 30.5 Å². The number of morpholine rings is 1. The van der Waals surface area contributed by atoms with E-state index in [1.165, 1.54) is 22.9 Å². The van der Waals surface area contributed by atoms with Crippen LogP contribution >= 0.6 is 0 Å². The van der Waals surface area contributed by atoms with E-state index in [9.17, 15) is 17.2 Å². The van der Waals surface area contributed by atoms with Gasteiger partial charge in [0.2, 0.25) is 10.0 Å². The molecule has 0 spiro atoms. The van der Waals surface area contributed by atoms with Gasteiger partial charge in [-0.2, -0.15) is 13.1 Å². The van der Waals surface area contributed by atoms with E-state index in [0.717, 1.165) is 31.6 Å². The molecule has 2 saturated heterocycles. The molecule has 2 heterocycles. The third-order valence-corrected chi connectivity index (χ3v) is 7.60. The van der Waals surface area contributed by atoms with Crippen molar-refractivity contribution >= 4 is 27.6 Å².